The van der Waals surface area contributed by atoms with Gasteiger partial charge in [-0.05, 0) is 29.3 Å². The number of para-hydroxylation sites is 3. The number of ether oxygens (including phenoxy) is 1. The smallest absolute Gasteiger partial charge is 0.326 e. The number of H-pyrrole nitrogens is 1. The van der Waals surface area contributed by atoms with Crippen LogP contribution in [-0.2, 0) is 6.54 Å². The lowest BCUT2D eigenvalue weighted by Gasteiger charge is -2.08. The quantitative estimate of drug-likeness (QED) is 0.533. The van der Waals surface area contributed by atoms with Crippen molar-refractivity contribution >= 4 is 23.2 Å². The molecule has 0 bridgehead atoms. The maximum atomic E-state index is 12.4. The summed E-state index contributed by atoms with van der Waals surface area (Å²) < 4.78 is 7.18. The molecule has 0 saturated carbocycles. The molecular formula is C23H20N2O2. The predicted octanol–water partition coefficient (Wildman–Crippen LogP) is 4.56. The van der Waals surface area contributed by atoms with E-state index in [0.717, 1.165) is 33.5 Å². The van der Waals surface area contributed by atoms with Gasteiger partial charge in [0.2, 0.25) is 0 Å². The van der Waals surface area contributed by atoms with Crippen LogP contribution in [0.4, 0.5) is 0 Å². The van der Waals surface area contributed by atoms with Crippen molar-refractivity contribution in [2.45, 2.75) is 6.54 Å². The molecule has 0 aliphatic rings. The number of nitrogens with zero attached hydrogens (tertiary/aromatic N) is 1. The molecule has 4 rings (SSSR count). The number of fused-ring (bicyclic) bond motifs is 1. The van der Waals surface area contributed by atoms with Crippen LogP contribution in [-0.4, -0.2) is 16.7 Å². The third-order valence-electron chi connectivity index (χ3n) is 4.65. The number of nitrogens with one attached hydrogen (secondary N) is 1. The third kappa shape index (κ3) is 3.42. The average molecular weight is 356 g/mol. The lowest BCUT2D eigenvalue weighted by Crippen LogP contribution is -2.17. The van der Waals surface area contributed by atoms with E-state index in [1.807, 2.05) is 66.7 Å². The summed E-state index contributed by atoms with van der Waals surface area (Å²) in [6.07, 6.45) is 4.10. The van der Waals surface area contributed by atoms with Crippen LogP contribution in [0, 0.1) is 0 Å². The molecular weight excluding hydrogens is 336 g/mol. The molecule has 0 spiro atoms. The zero-order chi connectivity index (χ0) is 18.6. The number of imidazole rings is 1. The molecule has 1 N–H and O–H groups in total. The second kappa shape index (κ2) is 7.38. The van der Waals surface area contributed by atoms with Gasteiger partial charge in [0.15, 0.2) is 0 Å². The maximum Gasteiger partial charge on any atom is 0.326 e. The zero-order valence-corrected chi connectivity index (χ0v) is 15.1. The number of benzene rings is 3. The summed E-state index contributed by atoms with van der Waals surface area (Å²) in [5, 5.41) is 0. The highest BCUT2D eigenvalue weighted by Gasteiger charge is 2.08. The van der Waals surface area contributed by atoms with Gasteiger partial charge in [0.25, 0.3) is 0 Å². The van der Waals surface area contributed by atoms with E-state index in [0.29, 0.717) is 6.54 Å². The Bertz CT molecular complexity index is 1170. The summed E-state index contributed by atoms with van der Waals surface area (Å²) in [5.41, 5.74) is 4.82. The second-order valence-corrected chi connectivity index (χ2v) is 6.31. The molecule has 0 amide bonds. The van der Waals surface area contributed by atoms with E-state index in [2.05, 4.69) is 23.2 Å². The van der Waals surface area contributed by atoms with Crippen molar-refractivity contribution in [3.8, 4) is 5.75 Å². The van der Waals surface area contributed by atoms with E-state index < -0.39 is 0 Å². The highest BCUT2D eigenvalue weighted by Crippen LogP contribution is 2.22. The second-order valence-electron chi connectivity index (χ2n) is 6.31. The Morgan fingerprint density at radius 2 is 1.56 bits per heavy atom. The van der Waals surface area contributed by atoms with Crippen molar-refractivity contribution in [1.29, 1.82) is 0 Å². The minimum Gasteiger partial charge on any atom is -0.496 e. The molecule has 0 aliphatic carbocycles. The van der Waals surface area contributed by atoms with Gasteiger partial charge >= 0.3 is 5.69 Å². The van der Waals surface area contributed by atoms with E-state index in [4.69, 9.17) is 4.74 Å². The molecule has 0 saturated heterocycles. The molecule has 134 valence electrons. The molecule has 1 aromatic heterocycles. The lowest BCUT2D eigenvalue weighted by molar-refractivity contribution is 0.414. The number of hydrogen-bond acceptors (Lipinski definition) is 2. The number of hydrogen-bond donors (Lipinski definition) is 1. The van der Waals surface area contributed by atoms with Crippen molar-refractivity contribution in [2.75, 3.05) is 7.11 Å². The molecule has 27 heavy (non-hydrogen) atoms. The van der Waals surface area contributed by atoms with Gasteiger partial charge in [-0.1, -0.05) is 66.7 Å². The van der Waals surface area contributed by atoms with E-state index in [1.54, 1.807) is 11.7 Å². The Morgan fingerprint density at radius 1 is 0.889 bits per heavy atom. The van der Waals surface area contributed by atoms with Crippen molar-refractivity contribution in [3.05, 3.63) is 100.0 Å². The Kier molecular flexibility index (Phi) is 4.62. The first kappa shape index (κ1) is 16.9. The molecule has 0 atom stereocenters. The highest BCUT2D eigenvalue weighted by molar-refractivity contribution is 5.76. The Hall–Kier alpha value is -3.53. The molecule has 4 nitrogen and oxygen atoms in total. The molecule has 4 heteroatoms. The van der Waals surface area contributed by atoms with Crippen LogP contribution in [0.5, 0.6) is 5.75 Å². The summed E-state index contributed by atoms with van der Waals surface area (Å²) in [6.45, 7) is 0.509. The van der Waals surface area contributed by atoms with E-state index in [-0.39, 0.29) is 5.69 Å². The maximum absolute atomic E-state index is 12.4. The first-order valence-corrected chi connectivity index (χ1v) is 8.83. The van der Waals surface area contributed by atoms with Crippen LogP contribution < -0.4 is 10.4 Å². The number of rotatable bonds is 5. The fourth-order valence-electron chi connectivity index (χ4n) is 3.26. The van der Waals surface area contributed by atoms with Crippen LogP contribution in [0.2, 0.25) is 0 Å². The topological polar surface area (TPSA) is 47.0 Å². The van der Waals surface area contributed by atoms with Crippen LogP contribution in [0.15, 0.2) is 77.6 Å². The van der Waals surface area contributed by atoms with Crippen LogP contribution in [0.1, 0.15) is 16.7 Å². The van der Waals surface area contributed by atoms with Gasteiger partial charge in [-0.3, -0.25) is 4.57 Å². The highest BCUT2D eigenvalue weighted by atomic mass is 16.5. The van der Waals surface area contributed by atoms with Gasteiger partial charge in [0, 0.05) is 5.56 Å². The number of aromatic nitrogens is 2. The van der Waals surface area contributed by atoms with Gasteiger partial charge in [-0.15, -0.1) is 0 Å². The predicted molar refractivity (Wildman–Crippen MR) is 110 cm³/mol. The fraction of sp³-hybridized carbons (Fsp3) is 0.0870. The lowest BCUT2D eigenvalue weighted by atomic mass is 10.1. The number of aromatic amines is 1. The molecule has 0 radical (unpaired) electrons. The fourth-order valence-corrected chi connectivity index (χ4v) is 3.26. The Morgan fingerprint density at radius 3 is 2.41 bits per heavy atom. The zero-order valence-electron chi connectivity index (χ0n) is 15.1. The molecule has 0 unspecified atom stereocenters. The standard InChI is InChI=1S/C23H20N2O2/c1-27-22-13-7-4-9-18(22)15-14-17-8-2-3-10-19(17)16-25-21-12-6-5-11-20(21)24-23(25)26/h2-15H,16H2,1H3,(H,24,26)/b15-14+. The van der Waals surface area contributed by atoms with E-state index in [1.165, 1.54) is 0 Å². The van der Waals surface area contributed by atoms with Gasteiger partial charge in [-0.2, -0.15) is 0 Å². The SMILES string of the molecule is COc1ccccc1/C=C/c1ccccc1Cn1c(=O)[nH]c2ccccc21. The summed E-state index contributed by atoms with van der Waals surface area (Å²) in [5.74, 6) is 0.832. The minimum absolute atomic E-state index is 0.0975. The summed E-state index contributed by atoms with van der Waals surface area (Å²) in [7, 11) is 1.67. The summed E-state index contributed by atoms with van der Waals surface area (Å²) in [4.78, 5) is 15.3. The largest absolute Gasteiger partial charge is 0.496 e. The first-order valence-electron chi connectivity index (χ1n) is 8.83. The van der Waals surface area contributed by atoms with Crippen LogP contribution in [0.3, 0.4) is 0 Å². The van der Waals surface area contributed by atoms with Crippen molar-refractivity contribution in [1.82, 2.24) is 9.55 Å². The summed E-state index contributed by atoms with van der Waals surface area (Å²) >= 11 is 0. The molecule has 0 fully saturated rings. The van der Waals surface area contributed by atoms with Gasteiger partial charge in [0.1, 0.15) is 5.75 Å². The third-order valence-corrected chi connectivity index (χ3v) is 4.65. The van der Waals surface area contributed by atoms with E-state index in [9.17, 15) is 4.79 Å². The van der Waals surface area contributed by atoms with Gasteiger partial charge in [0.05, 0.1) is 24.7 Å². The van der Waals surface area contributed by atoms with Gasteiger partial charge in [-0.25, -0.2) is 4.79 Å². The van der Waals surface area contributed by atoms with Crippen molar-refractivity contribution in [2.24, 2.45) is 0 Å². The minimum atomic E-state index is -0.0975. The van der Waals surface area contributed by atoms with Crippen molar-refractivity contribution in [3.63, 3.8) is 0 Å². The molecule has 0 aliphatic heterocycles. The van der Waals surface area contributed by atoms with Crippen LogP contribution >= 0.6 is 0 Å². The van der Waals surface area contributed by atoms with Crippen LogP contribution in [0.25, 0.3) is 23.2 Å². The van der Waals surface area contributed by atoms with Gasteiger partial charge < -0.3 is 9.72 Å². The monoisotopic (exact) mass is 356 g/mol. The normalized spacial score (nSPS) is 11.3. The Labute approximate surface area is 157 Å². The number of methoxy groups -OCH3 is 1. The molecule has 3 aromatic carbocycles. The molecule has 4 aromatic rings. The van der Waals surface area contributed by atoms with E-state index >= 15 is 0 Å². The Balaban J connectivity index is 1.70. The summed E-state index contributed by atoms with van der Waals surface area (Å²) in [6, 6.07) is 23.7. The molecule has 1 heterocycles. The first-order chi connectivity index (χ1) is 13.3. The average Bonchev–Trinajstić information content (AvgIpc) is 3.03. The van der Waals surface area contributed by atoms with Crippen molar-refractivity contribution < 1.29 is 4.74 Å².